The van der Waals surface area contributed by atoms with Gasteiger partial charge in [0.25, 0.3) is 5.56 Å². The molecule has 0 atom stereocenters. The molecular weight excluding hydrogens is 454 g/mol. The molecule has 1 fully saturated rings. The lowest BCUT2D eigenvalue weighted by Crippen LogP contribution is -2.49. The summed E-state index contributed by atoms with van der Waals surface area (Å²) < 4.78 is 5.94. The van der Waals surface area contributed by atoms with Crippen LogP contribution in [0.25, 0.3) is 0 Å². The van der Waals surface area contributed by atoms with Crippen molar-refractivity contribution in [3.63, 3.8) is 0 Å². The molecule has 1 aliphatic heterocycles. The van der Waals surface area contributed by atoms with Crippen LogP contribution >= 0.6 is 15.9 Å². The highest BCUT2D eigenvalue weighted by Crippen LogP contribution is 2.15. The highest BCUT2D eigenvalue weighted by atomic mass is 79.9. The van der Waals surface area contributed by atoms with Crippen molar-refractivity contribution in [2.24, 2.45) is 0 Å². The van der Waals surface area contributed by atoms with Gasteiger partial charge >= 0.3 is 0 Å². The molecule has 10 nitrogen and oxygen atoms in total. The number of aryl methyl sites for hydroxylation is 1. The summed E-state index contributed by atoms with van der Waals surface area (Å²) in [4.78, 5) is 36.7. The lowest BCUT2D eigenvalue weighted by molar-refractivity contribution is -0.132. The number of piperazine rings is 1. The molecule has 1 aliphatic rings. The Morgan fingerprint density at radius 2 is 2.00 bits per heavy atom. The Bertz CT molecular complexity index is 882. The van der Waals surface area contributed by atoms with E-state index in [-0.39, 0.29) is 11.5 Å². The molecule has 0 aliphatic carbocycles. The van der Waals surface area contributed by atoms with Crippen molar-refractivity contribution in [3.8, 4) is 0 Å². The summed E-state index contributed by atoms with van der Waals surface area (Å²) in [6, 6.07) is 0. The summed E-state index contributed by atoms with van der Waals surface area (Å²) in [5.74, 6) is 0.953. The Kier molecular flexibility index (Phi) is 8.14. The van der Waals surface area contributed by atoms with Gasteiger partial charge < -0.3 is 19.9 Å². The standard InChI is InChI=1S/C19H26BrN7O3/c1-2-14-11-23-16(13-22-14)26-5-7-27(8-6-26)17(28)3-9-30-10-4-21-15-12-24-25-19(29)18(15)20/h11-13H,2-10H2,1H3,(H2,21,25,29). The molecule has 0 spiro atoms. The molecule has 0 aromatic carbocycles. The van der Waals surface area contributed by atoms with Crippen LogP contribution in [-0.2, 0) is 16.0 Å². The average molecular weight is 480 g/mol. The van der Waals surface area contributed by atoms with Gasteiger partial charge in [-0.1, -0.05) is 6.92 Å². The van der Waals surface area contributed by atoms with E-state index in [1.165, 1.54) is 6.20 Å². The molecule has 0 radical (unpaired) electrons. The molecule has 1 amide bonds. The van der Waals surface area contributed by atoms with Crippen molar-refractivity contribution in [1.29, 1.82) is 0 Å². The van der Waals surface area contributed by atoms with Crippen LogP contribution in [0, 0.1) is 0 Å². The van der Waals surface area contributed by atoms with Crippen LogP contribution < -0.4 is 15.8 Å². The highest BCUT2D eigenvalue weighted by Gasteiger charge is 2.21. The first-order valence-corrected chi connectivity index (χ1v) is 10.8. The quantitative estimate of drug-likeness (QED) is 0.512. The molecule has 0 unspecified atom stereocenters. The average Bonchev–Trinajstić information content (AvgIpc) is 2.79. The number of hydrogen-bond acceptors (Lipinski definition) is 8. The van der Waals surface area contributed by atoms with Crippen LogP contribution in [-0.4, -0.2) is 76.9 Å². The van der Waals surface area contributed by atoms with E-state index >= 15 is 0 Å². The molecule has 30 heavy (non-hydrogen) atoms. The van der Waals surface area contributed by atoms with Crippen molar-refractivity contribution in [3.05, 3.63) is 39.1 Å². The van der Waals surface area contributed by atoms with Gasteiger partial charge in [0.2, 0.25) is 5.91 Å². The number of halogens is 1. The fourth-order valence-electron chi connectivity index (χ4n) is 3.06. The number of hydrogen-bond donors (Lipinski definition) is 2. The molecule has 2 N–H and O–H groups in total. The summed E-state index contributed by atoms with van der Waals surface area (Å²) in [5, 5.41) is 9.14. The summed E-state index contributed by atoms with van der Waals surface area (Å²) in [7, 11) is 0. The number of H-pyrrole nitrogens is 1. The van der Waals surface area contributed by atoms with E-state index in [4.69, 9.17) is 4.74 Å². The van der Waals surface area contributed by atoms with E-state index in [1.807, 2.05) is 11.1 Å². The summed E-state index contributed by atoms with van der Waals surface area (Å²) >= 11 is 3.20. The molecular formula is C19H26BrN7O3. The van der Waals surface area contributed by atoms with E-state index in [0.29, 0.717) is 49.4 Å². The topological polar surface area (TPSA) is 116 Å². The second-order valence-corrected chi connectivity index (χ2v) is 7.60. The van der Waals surface area contributed by atoms with Crippen LogP contribution in [0.3, 0.4) is 0 Å². The van der Waals surface area contributed by atoms with Gasteiger partial charge in [-0.3, -0.25) is 14.6 Å². The second-order valence-electron chi connectivity index (χ2n) is 6.80. The normalized spacial score (nSPS) is 14.1. The monoisotopic (exact) mass is 479 g/mol. The van der Waals surface area contributed by atoms with Crippen LogP contribution in [0.1, 0.15) is 19.0 Å². The first-order chi connectivity index (χ1) is 14.6. The minimum absolute atomic E-state index is 0.0940. The molecule has 2 aromatic rings. The maximum Gasteiger partial charge on any atom is 0.280 e. The second kappa shape index (κ2) is 11.0. The number of anilines is 2. The number of amides is 1. The SMILES string of the molecule is CCc1cnc(N2CCN(C(=O)CCOCCNc3cn[nH]c(=O)c3Br)CC2)cn1. The first-order valence-electron chi connectivity index (χ1n) is 9.97. The minimum atomic E-state index is -0.295. The fourth-order valence-corrected chi connectivity index (χ4v) is 3.39. The van der Waals surface area contributed by atoms with E-state index in [9.17, 15) is 9.59 Å². The van der Waals surface area contributed by atoms with Gasteiger partial charge in [-0.15, -0.1) is 0 Å². The third-order valence-electron chi connectivity index (χ3n) is 4.83. The largest absolute Gasteiger partial charge is 0.380 e. The lowest BCUT2D eigenvalue weighted by atomic mass is 10.2. The number of aromatic nitrogens is 4. The van der Waals surface area contributed by atoms with Gasteiger partial charge in [0.05, 0.1) is 49.6 Å². The van der Waals surface area contributed by atoms with E-state index < -0.39 is 0 Å². The molecule has 11 heteroatoms. The Morgan fingerprint density at radius 3 is 2.70 bits per heavy atom. The van der Waals surface area contributed by atoms with Gasteiger partial charge in [-0.05, 0) is 22.4 Å². The Hall–Kier alpha value is -2.53. The number of carbonyl (C=O) groups is 1. The number of nitrogens with one attached hydrogen (secondary N) is 2. The van der Waals surface area contributed by atoms with E-state index in [0.717, 1.165) is 31.0 Å². The van der Waals surface area contributed by atoms with Gasteiger partial charge in [0.1, 0.15) is 10.3 Å². The van der Waals surface area contributed by atoms with E-state index in [1.54, 1.807) is 6.20 Å². The maximum atomic E-state index is 12.4. The van der Waals surface area contributed by atoms with Gasteiger partial charge in [-0.2, -0.15) is 5.10 Å². The Labute approximate surface area is 183 Å². The zero-order chi connectivity index (χ0) is 21.3. The fraction of sp³-hybridized carbons (Fsp3) is 0.526. The molecule has 0 bridgehead atoms. The summed E-state index contributed by atoms with van der Waals surface area (Å²) in [6.07, 6.45) is 6.36. The first kappa shape index (κ1) is 22.2. The predicted molar refractivity (Wildman–Crippen MR) is 117 cm³/mol. The van der Waals surface area contributed by atoms with Crippen molar-refractivity contribution in [1.82, 2.24) is 25.1 Å². The van der Waals surface area contributed by atoms with Crippen molar-refractivity contribution in [2.75, 3.05) is 56.2 Å². The summed E-state index contributed by atoms with van der Waals surface area (Å²) in [5.41, 5.74) is 1.28. The van der Waals surface area contributed by atoms with Gasteiger partial charge in [0.15, 0.2) is 0 Å². The van der Waals surface area contributed by atoms with Crippen LogP contribution in [0.5, 0.6) is 0 Å². The Morgan fingerprint density at radius 1 is 1.20 bits per heavy atom. The van der Waals surface area contributed by atoms with Crippen LogP contribution in [0.4, 0.5) is 11.5 Å². The number of aromatic amines is 1. The van der Waals surface area contributed by atoms with Gasteiger partial charge in [0, 0.05) is 32.7 Å². The number of carbonyl (C=O) groups excluding carboxylic acids is 1. The molecule has 0 saturated carbocycles. The zero-order valence-electron chi connectivity index (χ0n) is 16.9. The molecule has 3 heterocycles. The van der Waals surface area contributed by atoms with Gasteiger partial charge in [-0.25, -0.2) is 10.1 Å². The lowest BCUT2D eigenvalue weighted by Gasteiger charge is -2.35. The number of nitrogens with zero attached hydrogens (tertiary/aromatic N) is 5. The van der Waals surface area contributed by atoms with Crippen molar-refractivity contribution in [2.45, 2.75) is 19.8 Å². The van der Waals surface area contributed by atoms with Crippen LogP contribution in [0.15, 0.2) is 27.9 Å². The Balaban J connectivity index is 1.31. The minimum Gasteiger partial charge on any atom is -0.380 e. The third kappa shape index (κ3) is 5.99. The summed E-state index contributed by atoms with van der Waals surface area (Å²) in [6.45, 7) is 6.17. The van der Waals surface area contributed by atoms with Crippen molar-refractivity contribution < 1.29 is 9.53 Å². The maximum absolute atomic E-state index is 12.4. The molecule has 162 valence electrons. The highest BCUT2D eigenvalue weighted by molar-refractivity contribution is 9.10. The predicted octanol–water partition coefficient (Wildman–Crippen LogP) is 1.05. The van der Waals surface area contributed by atoms with Crippen LogP contribution in [0.2, 0.25) is 0 Å². The molecule has 2 aromatic heterocycles. The van der Waals surface area contributed by atoms with Crippen molar-refractivity contribution >= 4 is 33.3 Å². The third-order valence-corrected chi connectivity index (χ3v) is 5.62. The number of rotatable bonds is 9. The number of ether oxygens (including phenoxy) is 1. The zero-order valence-corrected chi connectivity index (χ0v) is 18.5. The molecule has 3 rings (SSSR count). The smallest absolute Gasteiger partial charge is 0.280 e. The van der Waals surface area contributed by atoms with E-state index in [2.05, 4.69) is 53.2 Å². The molecule has 1 saturated heterocycles.